The molecule has 7 heteroatoms. The number of likely N-dealkylation sites (tertiary alicyclic amines) is 1. The van der Waals surface area contributed by atoms with Crippen LogP contribution < -0.4 is 10.2 Å². The first kappa shape index (κ1) is 22.2. The van der Waals surface area contributed by atoms with Gasteiger partial charge in [0.05, 0.1) is 19.3 Å². The van der Waals surface area contributed by atoms with Gasteiger partial charge < -0.3 is 19.9 Å². The highest BCUT2D eigenvalue weighted by molar-refractivity contribution is 14.0. The zero-order chi connectivity index (χ0) is 18.6. The molecule has 2 aliphatic rings. The number of hydrogen-bond acceptors (Lipinski definition) is 4. The zero-order valence-electron chi connectivity index (χ0n) is 17.1. The van der Waals surface area contributed by atoms with E-state index in [1.54, 1.807) is 0 Å². The van der Waals surface area contributed by atoms with E-state index in [0.717, 1.165) is 51.1 Å². The number of hydrogen-bond donors (Lipinski definition) is 1. The van der Waals surface area contributed by atoms with Gasteiger partial charge in [0, 0.05) is 38.9 Å². The van der Waals surface area contributed by atoms with Gasteiger partial charge in [-0.3, -0.25) is 0 Å². The molecule has 3 rings (SSSR count). The summed E-state index contributed by atoms with van der Waals surface area (Å²) in [5.74, 6) is 2.05. The van der Waals surface area contributed by atoms with Gasteiger partial charge in [-0.1, -0.05) is 13.8 Å². The molecule has 0 aliphatic carbocycles. The van der Waals surface area contributed by atoms with E-state index in [-0.39, 0.29) is 30.1 Å². The van der Waals surface area contributed by atoms with Crippen molar-refractivity contribution >= 4 is 35.8 Å². The van der Waals surface area contributed by atoms with Crippen molar-refractivity contribution in [3.05, 3.63) is 23.9 Å². The van der Waals surface area contributed by atoms with Gasteiger partial charge >= 0.3 is 0 Å². The smallest absolute Gasteiger partial charge is 0.194 e. The van der Waals surface area contributed by atoms with Gasteiger partial charge in [0.25, 0.3) is 0 Å². The summed E-state index contributed by atoms with van der Waals surface area (Å²) < 4.78 is 5.63. The fraction of sp³-hybridized carbons (Fsp3) is 0.700. The second-order valence-electron chi connectivity index (χ2n) is 8.16. The highest BCUT2D eigenvalue weighted by Gasteiger charge is 2.30. The van der Waals surface area contributed by atoms with Crippen molar-refractivity contribution in [1.82, 2.24) is 15.2 Å². The summed E-state index contributed by atoms with van der Waals surface area (Å²) in [6.45, 7) is 15.2. The first-order chi connectivity index (χ1) is 12.5. The molecule has 1 unspecified atom stereocenters. The number of aromatic nitrogens is 1. The van der Waals surface area contributed by atoms with E-state index in [1.807, 2.05) is 6.20 Å². The van der Waals surface area contributed by atoms with E-state index in [1.165, 1.54) is 12.0 Å². The molecule has 3 heterocycles. The number of nitrogens with one attached hydrogen (secondary N) is 1. The van der Waals surface area contributed by atoms with Gasteiger partial charge in [-0.05, 0) is 43.4 Å². The van der Waals surface area contributed by atoms with Crippen LogP contribution in [-0.4, -0.2) is 61.3 Å². The molecule has 6 nitrogen and oxygen atoms in total. The lowest BCUT2D eigenvalue weighted by atomic mass is 9.93. The van der Waals surface area contributed by atoms with Crippen LogP contribution in [0, 0.1) is 5.41 Å². The number of aliphatic imine (C=N–C) groups is 1. The van der Waals surface area contributed by atoms with Crippen LogP contribution >= 0.6 is 24.0 Å². The molecule has 1 aromatic rings. The number of pyridine rings is 1. The first-order valence-corrected chi connectivity index (χ1v) is 9.81. The summed E-state index contributed by atoms with van der Waals surface area (Å²) >= 11 is 0. The molecule has 27 heavy (non-hydrogen) atoms. The van der Waals surface area contributed by atoms with Crippen LogP contribution in [0.15, 0.2) is 23.3 Å². The van der Waals surface area contributed by atoms with E-state index in [4.69, 9.17) is 9.73 Å². The molecule has 0 amide bonds. The van der Waals surface area contributed by atoms with Crippen LogP contribution in [0.25, 0.3) is 0 Å². The molecule has 1 atom stereocenters. The van der Waals surface area contributed by atoms with Gasteiger partial charge in [-0.25, -0.2) is 9.98 Å². The lowest BCUT2D eigenvalue weighted by Gasteiger charge is -2.32. The van der Waals surface area contributed by atoms with Gasteiger partial charge in [-0.15, -0.1) is 24.0 Å². The Morgan fingerprint density at radius 3 is 2.89 bits per heavy atom. The highest BCUT2D eigenvalue weighted by atomic mass is 127. The van der Waals surface area contributed by atoms with E-state index in [9.17, 15) is 0 Å². The predicted octanol–water partition coefficient (Wildman–Crippen LogP) is 3.12. The minimum Gasteiger partial charge on any atom is -0.375 e. The molecular formula is C20H34IN5O. The molecule has 1 N–H and O–H groups in total. The minimum absolute atomic E-state index is 0. The quantitative estimate of drug-likeness (QED) is 0.402. The van der Waals surface area contributed by atoms with Crippen molar-refractivity contribution in [2.24, 2.45) is 10.4 Å². The van der Waals surface area contributed by atoms with Gasteiger partial charge in [-0.2, -0.15) is 0 Å². The number of ether oxygens (including phenoxy) is 1. The number of halogens is 1. The van der Waals surface area contributed by atoms with Crippen molar-refractivity contribution in [2.45, 2.75) is 46.8 Å². The molecule has 0 radical (unpaired) electrons. The Hall–Kier alpha value is -1.09. The minimum atomic E-state index is 0. The Morgan fingerprint density at radius 1 is 1.41 bits per heavy atom. The highest BCUT2D eigenvalue weighted by Crippen LogP contribution is 2.28. The van der Waals surface area contributed by atoms with Crippen LogP contribution in [-0.2, 0) is 11.3 Å². The molecular weight excluding hydrogens is 453 g/mol. The van der Waals surface area contributed by atoms with Crippen LogP contribution in [0.2, 0.25) is 0 Å². The van der Waals surface area contributed by atoms with Gasteiger partial charge in [0.2, 0.25) is 0 Å². The van der Waals surface area contributed by atoms with Gasteiger partial charge in [0.15, 0.2) is 5.96 Å². The first-order valence-electron chi connectivity index (χ1n) is 9.81. The third-order valence-corrected chi connectivity index (χ3v) is 5.10. The summed E-state index contributed by atoms with van der Waals surface area (Å²) in [7, 11) is 0. The van der Waals surface area contributed by atoms with Crippen LogP contribution in [0.4, 0.5) is 5.82 Å². The molecule has 0 aromatic carbocycles. The number of morpholine rings is 1. The topological polar surface area (TPSA) is 53.0 Å². The second kappa shape index (κ2) is 9.91. The van der Waals surface area contributed by atoms with Crippen molar-refractivity contribution in [3.63, 3.8) is 0 Å². The summed E-state index contributed by atoms with van der Waals surface area (Å²) in [4.78, 5) is 14.1. The maximum atomic E-state index is 5.63. The monoisotopic (exact) mass is 487 g/mol. The number of nitrogens with zero attached hydrogens (tertiary/aromatic N) is 4. The van der Waals surface area contributed by atoms with Crippen molar-refractivity contribution < 1.29 is 4.74 Å². The Bertz CT molecular complexity index is 637. The lowest BCUT2D eigenvalue weighted by Crippen LogP contribution is -2.41. The molecule has 2 saturated heterocycles. The Labute approximate surface area is 180 Å². The fourth-order valence-corrected chi connectivity index (χ4v) is 3.64. The zero-order valence-corrected chi connectivity index (χ0v) is 19.4. The Morgan fingerprint density at radius 2 is 2.22 bits per heavy atom. The molecule has 152 valence electrons. The van der Waals surface area contributed by atoms with E-state index in [0.29, 0.717) is 12.0 Å². The number of guanidine groups is 1. The summed E-state index contributed by atoms with van der Waals surface area (Å²) in [6.07, 6.45) is 3.37. The number of anilines is 1. The molecule has 2 fully saturated rings. The SMILES string of the molecule is CCNC(=NCc1ccnc(N2CCOC(C)C2)c1)N1CCC(C)(C)C1.I. The molecule has 0 saturated carbocycles. The maximum absolute atomic E-state index is 5.63. The van der Waals surface area contributed by atoms with Crippen LogP contribution in [0.1, 0.15) is 39.7 Å². The normalized spacial score (nSPS) is 22.5. The Kier molecular flexibility index (Phi) is 8.15. The lowest BCUT2D eigenvalue weighted by molar-refractivity contribution is 0.0529. The summed E-state index contributed by atoms with van der Waals surface area (Å²) in [5.41, 5.74) is 1.57. The average Bonchev–Trinajstić information content (AvgIpc) is 2.98. The average molecular weight is 487 g/mol. The van der Waals surface area contributed by atoms with E-state index in [2.05, 4.69) is 59.9 Å². The Balaban J connectivity index is 0.00000261. The van der Waals surface area contributed by atoms with Crippen molar-refractivity contribution in [3.8, 4) is 0 Å². The molecule has 0 spiro atoms. The van der Waals surface area contributed by atoms with E-state index >= 15 is 0 Å². The summed E-state index contributed by atoms with van der Waals surface area (Å²) in [5, 5.41) is 3.45. The van der Waals surface area contributed by atoms with Crippen LogP contribution in [0.3, 0.4) is 0 Å². The number of rotatable bonds is 4. The van der Waals surface area contributed by atoms with Gasteiger partial charge in [0.1, 0.15) is 5.82 Å². The maximum Gasteiger partial charge on any atom is 0.194 e. The third kappa shape index (κ3) is 6.20. The second-order valence-corrected chi connectivity index (χ2v) is 8.16. The predicted molar refractivity (Wildman–Crippen MR) is 122 cm³/mol. The van der Waals surface area contributed by atoms with Crippen molar-refractivity contribution in [1.29, 1.82) is 0 Å². The fourth-order valence-electron chi connectivity index (χ4n) is 3.64. The van der Waals surface area contributed by atoms with E-state index < -0.39 is 0 Å². The molecule has 1 aromatic heterocycles. The molecule has 0 bridgehead atoms. The standard InChI is InChI=1S/C20H33N5O.HI/c1-5-21-19(25-9-7-20(3,4)15-25)23-13-17-6-8-22-18(12-17)24-10-11-26-16(2)14-24;/h6,8,12,16H,5,7,9-11,13-15H2,1-4H3,(H,21,23);1H. The third-order valence-electron chi connectivity index (χ3n) is 5.10. The van der Waals surface area contributed by atoms with Crippen LogP contribution in [0.5, 0.6) is 0 Å². The molecule has 2 aliphatic heterocycles. The summed E-state index contributed by atoms with van der Waals surface area (Å²) in [6, 6.07) is 4.23. The van der Waals surface area contributed by atoms with Crippen molar-refractivity contribution in [2.75, 3.05) is 44.2 Å². The largest absolute Gasteiger partial charge is 0.375 e.